The zero-order valence-corrected chi connectivity index (χ0v) is 15.6. The summed E-state index contributed by atoms with van der Waals surface area (Å²) in [4.78, 5) is 29.8. The van der Waals surface area contributed by atoms with Crippen LogP contribution in [0.25, 0.3) is 0 Å². The topological polar surface area (TPSA) is 51.0 Å². The normalized spacial score (nSPS) is 30.9. The lowest BCUT2D eigenvalue weighted by Gasteiger charge is -2.45. The van der Waals surface area contributed by atoms with E-state index in [2.05, 4.69) is 24.3 Å². The number of nitrogens with zero attached hydrogens (tertiary/aromatic N) is 1. The van der Waals surface area contributed by atoms with Crippen molar-refractivity contribution >= 4 is 11.8 Å². The van der Waals surface area contributed by atoms with Gasteiger partial charge in [0.15, 0.2) is 6.67 Å². The van der Waals surface area contributed by atoms with Crippen molar-refractivity contribution in [2.75, 3.05) is 33.0 Å². The number of hydrogen-bond acceptors (Lipinski definition) is 3. The fourth-order valence-electron chi connectivity index (χ4n) is 5.94. The SMILES string of the molecule is O=C1[C@@H]2C3c4ccccc4C(c4ccccc43)[C@@H]2C(=O)N1C[NH+]1CCOCC1. The van der Waals surface area contributed by atoms with E-state index in [1.165, 1.54) is 27.2 Å². The van der Waals surface area contributed by atoms with Crippen LogP contribution in [0.15, 0.2) is 48.5 Å². The molecule has 2 heterocycles. The number of amides is 2. The van der Waals surface area contributed by atoms with Gasteiger partial charge in [-0.1, -0.05) is 48.5 Å². The van der Waals surface area contributed by atoms with Crippen molar-refractivity contribution in [2.24, 2.45) is 11.8 Å². The molecule has 0 aromatic heterocycles. The summed E-state index contributed by atoms with van der Waals surface area (Å²) < 4.78 is 5.43. The fourth-order valence-corrected chi connectivity index (χ4v) is 5.94. The number of ether oxygens (including phenoxy) is 1. The second-order valence-electron chi connectivity index (χ2n) is 8.39. The number of benzene rings is 2. The Kier molecular flexibility index (Phi) is 3.52. The van der Waals surface area contributed by atoms with Gasteiger partial charge in [0, 0.05) is 11.8 Å². The van der Waals surface area contributed by atoms with E-state index in [9.17, 15) is 9.59 Å². The lowest BCUT2D eigenvalue weighted by molar-refractivity contribution is -0.915. The average molecular weight is 375 g/mol. The van der Waals surface area contributed by atoms with Crippen LogP contribution in [-0.4, -0.2) is 49.7 Å². The lowest BCUT2D eigenvalue weighted by Crippen LogP contribution is -3.15. The summed E-state index contributed by atoms with van der Waals surface area (Å²) in [5.74, 6) is -0.501. The zero-order valence-electron chi connectivity index (χ0n) is 15.6. The van der Waals surface area contributed by atoms with Crippen LogP contribution >= 0.6 is 0 Å². The molecule has 2 aromatic rings. The highest BCUT2D eigenvalue weighted by atomic mass is 16.5. The van der Waals surface area contributed by atoms with Gasteiger partial charge in [-0.3, -0.25) is 9.59 Å². The summed E-state index contributed by atoms with van der Waals surface area (Å²) in [6.07, 6.45) is 0. The van der Waals surface area contributed by atoms with E-state index in [1.807, 2.05) is 24.3 Å². The Morgan fingerprint density at radius 2 is 1.21 bits per heavy atom. The molecule has 2 aromatic carbocycles. The molecule has 7 rings (SSSR count). The lowest BCUT2D eigenvalue weighted by atomic mass is 9.55. The number of carbonyl (C=O) groups excluding carboxylic acids is 2. The molecule has 5 aliphatic rings. The van der Waals surface area contributed by atoms with Crippen LogP contribution < -0.4 is 4.90 Å². The maximum Gasteiger partial charge on any atom is 0.238 e. The van der Waals surface area contributed by atoms with Crippen LogP contribution in [0.5, 0.6) is 0 Å². The van der Waals surface area contributed by atoms with Crippen molar-refractivity contribution in [3.63, 3.8) is 0 Å². The maximum atomic E-state index is 13.5. The van der Waals surface area contributed by atoms with Crippen molar-refractivity contribution in [3.05, 3.63) is 70.8 Å². The monoisotopic (exact) mass is 375 g/mol. The smallest absolute Gasteiger partial charge is 0.238 e. The summed E-state index contributed by atoms with van der Waals surface area (Å²) in [6, 6.07) is 16.8. The van der Waals surface area contributed by atoms with Gasteiger partial charge in [-0.2, -0.15) is 0 Å². The number of likely N-dealkylation sites (tertiary alicyclic amines) is 1. The van der Waals surface area contributed by atoms with Gasteiger partial charge in [-0.25, -0.2) is 4.90 Å². The molecule has 2 bridgehead atoms. The van der Waals surface area contributed by atoms with Gasteiger partial charge in [0.25, 0.3) is 0 Å². The molecule has 2 aliphatic heterocycles. The molecular weight excluding hydrogens is 352 g/mol. The number of imide groups is 1. The van der Waals surface area contributed by atoms with E-state index >= 15 is 0 Å². The third-order valence-corrected chi connectivity index (χ3v) is 7.12. The number of nitrogens with one attached hydrogen (secondary N) is 1. The molecule has 28 heavy (non-hydrogen) atoms. The van der Waals surface area contributed by atoms with E-state index in [0.29, 0.717) is 19.9 Å². The van der Waals surface area contributed by atoms with Gasteiger partial charge in [0.1, 0.15) is 13.1 Å². The van der Waals surface area contributed by atoms with Crippen LogP contribution in [0.1, 0.15) is 34.1 Å². The van der Waals surface area contributed by atoms with Crippen molar-refractivity contribution in [2.45, 2.75) is 11.8 Å². The first kappa shape index (κ1) is 16.5. The Bertz CT molecular complexity index is 866. The Labute approximate surface area is 163 Å². The molecular formula is C23H23N2O3+. The summed E-state index contributed by atoms with van der Waals surface area (Å²) in [5.41, 5.74) is 4.92. The minimum absolute atomic E-state index is 0.0106. The third kappa shape index (κ3) is 2.09. The molecule has 3 aliphatic carbocycles. The van der Waals surface area contributed by atoms with Gasteiger partial charge in [-0.05, 0) is 22.3 Å². The van der Waals surface area contributed by atoms with Crippen LogP contribution in [-0.2, 0) is 14.3 Å². The quantitative estimate of drug-likeness (QED) is 0.789. The Morgan fingerprint density at radius 1 is 0.786 bits per heavy atom. The predicted octanol–water partition coefficient (Wildman–Crippen LogP) is 0.751. The van der Waals surface area contributed by atoms with Crippen molar-refractivity contribution in [3.8, 4) is 0 Å². The Balaban J connectivity index is 1.45. The van der Waals surface area contributed by atoms with E-state index in [-0.39, 0.29) is 35.5 Å². The first-order valence-electron chi connectivity index (χ1n) is 10.2. The Morgan fingerprint density at radius 3 is 1.64 bits per heavy atom. The second-order valence-corrected chi connectivity index (χ2v) is 8.39. The molecule has 1 N–H and O–H groups in total. The molecule has 0 unspecified atom stereocenters. The van der Waals surface area contributed by atoms with Gasteiger partial charge in [-0.15, -0.1) is 0 Å². The second kappa shape index (κ2) is 6.00. The summed E-state index contributed by atoms with van der Waals surface area (Å²) in [7, 11) is 0. The minimum Gasteiger partial charge on any atom is -0.370 e. The largest absolute Gasteiger partial charge is 0.370 e. The van der Waals surface area contributed by atoms with Crippen molar-refractivity contribution in [1.82, 2.24) is 4.90 Å². The highest BCUT2D eigenvalue weighted by molar-refractivity contribution is 6.07. The van der Waals surface area contributed by atoms with Crippen LogP contribution in [0.3, 0.4) is 0 Å². The first-order chi connectivity index (χ1) is 13.8. The Hall–Kier alpha value is -2.50. The summed E-state index contributed by atoms with van der Waals surface area (Å²) in [6.45, 7) is 3.56. The van der Waals surface area contributed by atoms with Gasteiger partial charge in [0.2, 0.25) is 11.8 Å². The number of quaternary nitrogens is 1. The fraction of sp³-hybridized carbons (Fsp3) is 0.391. The number of rotatable bonds is 2. The van der Waals surface area contributed by atoms with Crippen molar-refractivity contribution in [1.29, 1.82) is 0 Å². The average Bonchev–Trinajstić information content (AvgIpc) is 3.00. The number of hydrogen-bond donors (Lipinski definition) is 1. The van der Waals surface area contributed by atoms with Crippen LogP contribution in [0.4, 0.5) is 0 Å². The zero-order chi connectivity index (χ0) is 18.8. The van der Waals surface area contributed by atoms with Crippen LogP contribution in [0, 0.1) is 11.8 Å². The number of carbonyl (C=O) groups is 2. The molecule has 0 spiro atoms. The number of morpholine rings is 1. The van der Waals surface area contributed by atoms with E-state index in [0.717, 1.165) is 13.1 Å². The van der Waals surface area contributed by atoms with Crippen molar-refractivity contribution < 1.29 is 19.2 Å². The van der Waals surface area contributed by atoms with Crippen LogP contribution in [0.2, 0.25) is 0 Å². The van der Waals surface area contributed by atoms with E-state index < -0.39 is 0 Å². The maximum absolute atomic E-state index is 13.5. The standard InChI is InChI=1S/C23H22N2O3/c26-22-20-18-14-5-1-2-6-15(14)19(17-8-4-3-7-16(17)18)21(20)23(27)25(22)13-24-9-11-28-12-10-24/h1-8,18-21H,9-13H2/p+1/t18?,19?,20-,21+. The molecule has 2 amide bonds. The van der Waals surface area contributed by atoms with Gasteiger partial charge < -0.3 is 9.64 Å². The molecule has 5 heteroatoms. The molecule has 2 fully saturated rings. The molecule has 2 atom stereocenters. The highest BCUT2D eigenvalue weighted by Crippen LogP contribution is 2.60. The predicted molar refractivity (Wildman–Crippen MR) is 102 cm³/mol. The van der Waals surface area contributed by atoms with Gasteiger partial charge >= 0.3 is 0 Å². The summed E-state index contributed by atoms with van der Waals surface area (Å²) >= 11 is 0. The van der Waals surface area contributed by atoms with E-state index in [4.69, 9.17) is 4.74 Å². The van der Waals surface area contributed by atoms with Gasteiger partial charge in [0.05, 0.1) is 25.0 Å². The molecule has 2 saturated heterocycles. The molecule has 5 nitrogen and oxygen atoms in total. The molecule has 142 valence electrons. The highest BCUT2D eigenvalue weighted by Gasteiger charge is 2.61. The molecule has 0 radical (unpaired) electrons. The first-order valence-corrected chi connectivity index (χ1v) is 10.2. The van der Waals surface area contributed by atoms with E-state index in [1.54, 1.807) is 4.90 Å². The molecule has 0 saturated carbocycles. The summed E-state index contributed by atoms with van der Waals surface area (Å²) in [5, 5.41) is 0. The third-order valence-electron chi connectivity index (χ3n) is 7.12. The minimum atomic E-state index is -0.261.